The Kier molecular flexibility index (Phi) is 5.98. The zero-order valence-electron chi connectivity index (χ0n) is 26.3. The molecule has 0 aliphatic heterocycles. The van der Waals surface area contributed by atoms with Crippen molar-refractivity contribution in [2.75, 3.05) is 0 Å². The maximum atomic E-state index is 2.47. The van der Waals surface area contributed by atoms with Crippen molar-refractivity contribution in [3.8, 4) is 33.4 Å². The Bertz CT molecular complexity index is 2810. The lowest BCUT2D eigenvalue weighted by molar-refractivity contribution is 1.67. The van der Waals surface area contributed by atoms with Crippen LogP contribution in [0.2, 0.25) is 0 Å². The topological polar surface area (TPSA) is 0 Å². The molecule has 0 saturated heterocycles. The predicted molar refractivity (Wildman–Crippen MR) is 208 cm³/mol. The summed E-state index contributed by atoms with van der Waals surface area (Å²) in [6, 6.07) is 67.1. The van der Waals surface area contributed by atoms with Crippen LogP contribution in [0.3, 0.4) is 0 Å². The summed E-state index contributed by atoms with van der Waals surface area (Å²) in [5, 5.41) is 15.3. The van der Waals surface area contributed by atoms with E-state index in [2.05, 4.69) is 182 Å². The lowest BCUT2D eigenvalue weighted by Gasteiger charge is -2.20. The van der Waals surface area contributed by atoms with Gasteiger partial charge in [0.1, 0.15) is 0 Å². The molecule has 0 radical (unpaired) electrons. The Balaban J connectivity index is 1.38. The number of fused-ring (bicyclic) bond motifs is 8. The maximum absolute atomic E-state index is 2.47. The summed E-state index contributed by atoms with van der Waals surface area (Å²) in [6.45, 7) is 0. The third-order valence-electron chi connectivity index (χ3n) is 10.2. The van der Waals surface area contributed by atoms with Crippen LogP contribution >= 0.6 is 0 Å². The molecule has 0 saturated carbocycles. The average molecular weight is 607 g/mol. The number of rotatable bonds is 3. The highest BCUT2D eigenvalue weighted by molar-refractivity contribution is 6.30. The van der Waals surface area contributed by atoms with Crippen LogP contribution in [-0.4, -0.2) is 0 Å². The van der Waals surface area contributed by atoms with Crippen LogP contribution in [0, 0.1) is 0 Å². The van der Waals surface area contributed by atoms with E-state index < -0.39 is 0 Å². The van der Waals surface area contributed by atoms with Gasteiger partial charge in [-0.1, -0.05) is 170 Å². The first-order chi connectivity index (χ1) is 23.8. The molecule has 0 aliphatic carbocycles. The van der Waals surface area contributed by atoms with Gasteiger partial charge >= 0.3 is 0 Å². The zero-order chi connectivity index (χ0) is 31.6. The molecule has 0 spiro atoms. The fourth-order valence-electron chi connectivity index (χ4n) is 8.20. The second-order valence-corrected chi connectivity index (χ2v) is 12.8. The van der Waals surface area contributed by atoms with Gasteiger partial charge in [-0.15, -0.1) is 0 Å². The molecule has 48 heavy (non-hydrogen) atoms. The second kappa shape index (κ2) is 10.7. The van der Waals surface area contributed by atoms with E-state index in [1.165, 1.54) is 98.0 Å². The average Bonchev–Trinajstić information content (AvgIpc) is 3.16. The van der Waals surface area contributed by atoms with Crippen molar-refractivity contribution in [1.29, 1.82) is 0 Å². The van der Waals surface area contributed by atoms with Crippen molar-refractivity contribution in [3.63, 3.8) is 0 Å². The molecule has 0 bridgehead atoms. The Morgan fingerprint density at radius 3 is 1.29 bits per heavy atom. The van der Waals surface area contributed by atoms with Crippen LogP contribution in [0.5, 0.6) is 0 Å². The molecule has 0 aliphatic rings. The monoisotopic (exact) mass is 606 g/mol. The summed E-state index contributed by atoms with van der Waals surface area (Å²) in [4.78, 5) is 0. The first kappa shape index (κ1) is 26.9. The lowest BCUT2D eigenvalue weighted by atomic mass is 9.82. The van der Waals surface area contributed by atoms with Gasteiger partial charge in [-0.3, -0.25) is 0 Å². The van der Waals surface area contributed by atoms with Gasteiger partial charge in [0, 0.05) is 0 Å². The van der Waals surface area contributed by atoms with Gasteiger partial charge in [0.25, 0.3) is 0 Å². The molecule has 0 heteroatoms. The molecule has 10 rings (SSSR count). The van der Waals surface area contributed by atoms with Crippen LogP contribution in [0.4, 0.5) is 0 Å². The number of hydrogen-bond acceptors (Lipinski definition) is 0. The van der Waals surface area contributed by atoms with E-state index in [0.717, 1.165) is 0 Å². The maximum Gasteiger partial charge on any atom is -0.00199 e. The predicted octanol–water partition coefficient (Wildman–Crippen LogP) is 13.6. The summed E-state index contributed by atoms with van der Waals surface area (Å²) < 4.78 is 0. The summed E-state index contributed by atoms with van der Waals surface area (Å²) in [6.07, 6.45) is 0. The third kappa shape index (κ3) is 3.96. The molecule has 0 aromatic heterocycles. The second-order valence-electron chi connectivity index (χ2n) is 12.8. The van der Waals surface area contributed by atoms with E-state index in [4.69, 9.17) is 0 Å². The van der Waals surface area contributed by atoms with Gasteiger partial charge in [-0.25, -0.2) is 0 Å². The van der Waals surface area contributed by atoms with Crippen molar-refractivity contribution >= 4 is 64.6 Å². The van der Waals surface area contributed by atoms with Crippen molar-refractivity contribution < 1.29 is 0 Å². The highest BCUT2D eigenvalue weighted by Crippen LogP contribution is 2.48. The van der Waals surface area contributed by atoms with E-state index in [0.29, 0.717) is 0 Å². The molecule has 0 fully saturated rings. The zero-order valence-corrected chi connectivity index (χ0v) is 26.3. The molecule has 222 valence electrons. The van der Waals surface area contributed by atoms with E-state index in [1.807, 2.05) is 0 Å². The minimum atomic E-state index is 1.24. The molecule has 0 atom stereocenters. The smallest absolute Gasteiger partial charge is 0.00199 e. The quantitative estimate of drug-likeness (QED) is 0.139. The normalized spacial score (nSPS) is 11.8. The Hall–Kier alpha value is -6.24. The van der Waals surface area contributed by atoms with Gasteiger partial charge in [0.15, 0.2) is 0 Å². The molecule has 0 amide bonds. The Labute approximate surface area is 279 Å². The van der Waals surface area contributed by atoms with Gasteiger partial charge in [0.05, 0.1) is 0 Å². The fourth-order valence-corrected chi connectivity index (χ4v) is 8.20. The minimum absolute atomic E-state index is 1.24. The summed E-state index contributed by atoms with van der Waals surface area (Å²) >= 11 is 0. The van der Waals surface area contributed by atoms with E-state index in [-0.39, 0.29) is 0 Å². The Morgan fingerprint density at radius 1 is 0.229 bits per heavy atom. The van der Waals surface area contributed by atoms with Crippen LogP contribution in [0.1, 0.15) is 0 Å². The number of hydrogen-bond donors (Lipinski definition) is 0. The highest BCUT2D eigenvalue weighted by Gasteiger charge is 2.20. The van der Waals surface area contributed by atoms with Gasteiger partial charge in [0.2, 0.25) is 0 Å². The first-order valence-corrected chi connectivity index (χ1v) is 16.7. The standard InChI is InChI=1S/C48H30/c1-2-16-32(17-3-1)46-40-24-10-12-26-42(40)48(43-27-13-11-25-41(43)46)45-30-33-29-44(35-28-14-18-31-15-4-5-19-34(31)35)36-20-6-8-22-38(36)47(33)39-23-9-7-21-37(39)45/h1-30H. The minimum Gasteiger partial charge on any atom is -0.0622 e. The van der Waals surface area contributed by atoms with Crippen molar-refractivity contribution in [2.24, 2.45) is 0 Å². The van der Waals surface area contributed by atoms with E-state index >= 15 is 0 Å². The molecule has 10 aromatic carbocycles. The van der Waals surface area contributed by atoms with E-state index in [1.54, 1.807) is 0 Å². The van der Waals surface area contributed by atoms with Gasteiger partial charge < -0.3 is 0 Å². The van der Waals surface area contributed by atoms with E-state index in [9.17, 15) is 0 Å². The summed E-state index contributed by atoms with van der Waals surface area (Å²) in [7, 11) is 0. The molecular formula is C48H30. The van der Waals surface area contributed by atoms with Crippen LogP contribution in [-0.2, 0) is 0 Å². The molecule has 10 aromatic rings. The lowest BCUT2D eigenvalue weighted by Crippen LogP contribution is -1.93. The molecule has 0 N–H and O–H groups in total. The molecule has 0 unspecified atom stereocenters. The first-order valence-electron chi connectivity index (χ1n) is 16.7. The Morgan fingerprint density at radius 2 is 0.667 bits per heavy atom. The van der Waals surface area contributed by atoms with Crippen molar-refractivity contribution in [2.45, 2.75) is 0 Å². The SMILES string of the molecule is c1ccc(-c2c3ccccc3c(-c3cc4cc(-c5cccc6ccccc56)c5ccccc5c4c4ccccc34)c3ccccc23)cc1. The summed E-state index contributed by atoms with van der Waals surface area (Å²) in [5.41, 5.74) is 7.63. The fraction of sp³-hybridized carbons (Fsp3) is 0. The third-order valence-corrected chi connectivity index (χ3v) is 10.2. The molecule has 0 nitrogen and oxygen atoms in total. The number of benzene rings is 10. The van der Waals surface area contributed by atoms with Crippen LogP contribution in [0.15, 0.2) is 182 Å². The van der Waals surface area contributed by atoms with Crippen molar-refractivity contribution in [1.82, 2.24) is 0 Å². The summed E-state index contributed by atoms with van der Waals surface area (Å²) in [5.74, 6) is 0. The van der Waals surface area contributed by atoms with Crippen LogP contribution < -0.4 is 0 Å². The van der Waals surface area contributed by atoms with Gasteiger partial charge in [-0.2, -0.15) is 0 Å². The van der Waals surface area contributed by atoms with Gasteiger partial charge in [-0.05, 0) is 110 Å². The largest absolute Gasteiger partial charge is 0.0622 e. The molecule has 0 heterocycles. The van der Waals surface area contributed by atoms with Crippen LogP contribution in [0.25, 0.3) is 98.0 Å². The van der Waals surface area contributed by atoms with Crippen molar-refractivity contribution in [3.05, 3.63) is 182 Å². The molecular weight excluding hydrogens is 577 g/mol. The highest BCUT2D eigenvalue weighted by atomic mass is 14.2.